The van der Waals surface area contributed by atoms with Crippen LogP contribution >= 0.6 is 0 Å². The van der Waals surface area contributed by atoms with E-state index in [4.69, 9.17) is 23.9 Å². The van der Waals surface area contributed by atoms with Gasteiger partial charge >= 0.3 is 0 Å². The van der Waals surface area contributed by atoms with Crippen molar-refractivity contribution < 1.29 is 28.8 Å². The molecule has 0 aliphatic carbocycles. The Balaban J connectivity index is 1.36. The van der Waals surface area contributed by atoms with Gasteiger partial charge in [-0.25, -0.2) is 14.3 Å². The zero-order valence-corrected chi connectivity index (χ0v) is 24.0. The maximum absolute atomic E-state index is 11.0. The minimum Gasteiger partial charge on any atom is -0.491 e. The van der Waals surface area contributed by atoms with E-state index in [1.807, 2.05) is 0 Å². The minimum atomic E-state index is -0.479. The number of non-ortho nitro benzene ring substituents is 2. The van der Waals surface area contributed by atoms with Crippen LogP contribution in [0.3, 0.4) is 0 Å². The second-order valence-corrected chi connectivity index (χ2v) is 9.28. The molecule has 0 aliphatic heterocycles. The van der Waals surface area contributed by atoms with Crippen LogP contribution in [0.25, 0.3) is 34.2 Å². The molecule has 0 saturated heterocycles. The lowest BCUT2D eigenvalue weighted by Crippen LogP contribution is -2.12. The first-order chi connectivity index (χ1) is 21.9. The molecule has 0 aliphatic rings. The molecule has 0 unspecified atom stereocenters. The molecule has 0 radical (unpaired) electrons. The van der Waals surface area contributed by atoms with Crippen LogP contribution in [-0.2, 0) is 14.2 Å². The van der Waals surface area contributed by atoms with Gasteiger partial charge in [-0.1, -0.05) is 10.4 Å². The maximum atomic E-state index is 11.0. The zero-order valence-electron chi connectivity index (χ0n) is 24.0. The van der Waals surface area contributed by atoms with Crippen molar-refractivity contribution in [2.75, 3.05) is 46.8 Å². The van der Waals surface area contributed by atoms with Crippen LogP contribution in [-0.4, -0.2) is 91.6 Å². The standard InChI is InChI=1S/C28H27N9O8/c1-42-10-11-43-12-13-44-14-15-45-24-16-25(27-18-34(32-30-27)20-2-6-22(7-3-20)36(38)39)29-26(17-24)28-19-35(33-31-28)21-4-8-23(9-5-21)37(40)41/h2-9,16-19H,10-15H2,1H3. The van der Waals surface area contributed by atoms with Crippen LogP contribution in [0.4, 0.5) is 11.4 Å². The third-order valence-corrected chi connectivity index (χ3v) is 6.26. The lowest BCUT2D eigenvalue weighted by atomic mass is 10.2. The molecule has 0 atom stereocenters. The fraction of sp³-hybridized carbons (Fsp3) is 0.250. The first-order valence-corrected chi connectivity index (χ1v) is 13.6. The van der Waals surface area contributed by atoms with Crippen LogP contribution in [0.5, 0.6) is 5.75 Å². The van der Waals surface area contributed by atoms with E-state index in [9.17, 15) is 20.2 Å². The first-order valence-electron chi connectivity index (χ1n) is 13.6. The normalized spacial score (nSPS) is 11.0. The van der Waals surface area contributed by atoms with Crippen molar-refractivity contribution in [1.82, 2.24) is 35.0 Å². The van der Waals surface area contributed by atoms with Gasteiger partial charge in [0.25, 0.3) is 11.4 Å². The SMILES string of the molecule is COCCOCCOCCOc1cc(-c2cn(-c3ccc([N+](=O)[O-])cc3)nn2)nc(-c2cn(-c3ccc([N+](=O)[O-])cc3)nn2)c1. The van der Waals surface area contributed by atoms with E-state index in [1.165, 1.54) is 33.6 Å². The summed E-state index contributed by atoms with van der Waals surface area (Å²) in [6.07, 6.45) is 3.27. The quantitative estimate of drug-likeness (QED) is 0.0887. The zero-order chi connectivity index (χ0) is 31.6. The Morgan fingerprint density at radius 3 is 1.53 bits per heavy atom. The average molecular weight is 618 g/mol. The summed E-state index contributed by atoms with van der Waals surface area (Å²) in [5.41, 5.74) is 2.72. The Hall–Kier alpha value is -5.65. The Morgan fingerprint density at radius 2 is 1.09 bits per heavy atom. The monoisotopic (exact) mass is 617 g/mol. The van der Waals surface area contributed by atoms with Crippen LogP contribution < -0.4 is 4.74 Å². The number of hydrogen-bond donors (Lipinski definition) is 0. The van der Waals surface area contributed by atoms with Gasteiger partial charge in [-0.05, 0) is 24.3 Å². The third kappa shape index (κ3) is 8.05. The van der Waals surface area contributed by atoms with E-state index < -0.39 is 9.85 Å². The van der Waals surface area contributed by atoms with Crippen molar-refractivity contribution in [3.63, 3.8) is 0 Å². The van der Waals surface area contributed by atoms with Crippen molar-refractivity contribution in [2.24, 2.45) is 0 Å². The van der Waals surface area contributed by atoms with E-state index in [-0.39, 0.29) is 18.0 Å². The summed E-state index contributed by atoms with van der Waals surface area (Å²) < 4.78 is 24.8. The predicted molar refractivity (Wildman–Crippen MR) is 157 cm³/mol. The van der Waals surface area contributed by atoms with Crippen LogP contribution in [0.2, 0.25) is 0 Å². The van der Waals surface area contributed by atoms with E-state index in [0.717, 1.165) is 0 Å². The molecule has 0 bridgehead atoms. The molecule has 0 saturated carbocycles. The molecule has 0 amide bonds. The predicted octanol–water partition coefficient (Wildman–Crippen LogP) is 3.45. The number of aromatic nitrogens is 7. The summed E-state index contributed by atoms with van der Waals surface area (Å²) in [4.78, 5) is 25.8. The molecular weight excluding hydrogens is 590 g/mol. The molecule has 0 spiro atoms. The number of nitro groups is 2. The summed E-state index contributed by atoms with van der Waals surface area (Å²) in [5, 5.41) is 38.8. The number of methoxy groups -OCH3 is 1. The molecule has 3 heterocycles. The van der Waals surface area contributed by atoms with Crippen molar-refractivity contribution >= 4 is 11.4 Å². The lowest BCUT2D eigenvalue weighted by molar-refractivity contribution is -0.385. The number of nitrogens with zero attached hydrogens (tertiary/aromatic N) is 9. The van der Waals surface area contributed by atoms with Gasteiger partial charge < -0.3 is 18.9 Å². The van der Waals surface area contributed by atoms with E-state index in [1.54, 1.807) is 55.9 Å². The molecule has 17 heteroatoms. The molecular formula is C28H27N9O8. The van der Waals surface area contributed by atoms with Gasteiger partial charge in [-0.15, -0.1) is 10.2 Å². The van der Waals surface area contributed by atoms with Gasteiger partial charge in [0.05, 0.1) is 78.0 Å². The largest absolute Gasteiger partial charge is 0.491 e. The van der Waals surface area contributed by atoms with Gasteiger partial charge in [0.1, 0.15) is 23.7 Å². The Morgan fingerprint density at radius 1 is 0.644 bits per heavy atom. The highest BCUT2D eigenvalue weighted by atomic mass is 16.6. The molecule has 0 fully saturated rings. The molecule has 3 aromatic heterocycles. The summed E-state index contributed by atoms with van der Waals surface area (Å²) >= 11 is 0. The molecule has 45 heavy (non-hydrogen) atoms. The highest BCUT2D eigenvalue weighted by Gasteiger charge is 2.16. The Kier molecular flexibility index (Phi) is 10.1. The second-order valence-electron chi connectivity index (χ2n) is 9.28. The lowest BCUT2D eigenvalue weighted by Gasteiger charge is -2.10. The van der Waals surface area contributed by atoms with Gasteiger partial charge in [0.15, 0.2) is 0 Å². The highest BCUT2D eigenvalue weighted by molar-refractivity contribution is 5.64. The summed E-state index contributed by atoms with van der Waals surface area (Å²) in [6, 6.07) is 15.2. The second kappa shape index (κ2) is 14.7. The number of benzene rings is 2. The Bertz CT molecular complexity index is 1630. The van der Waals surface area contributed by atoms with Gasteiger partial charge in [0.2, 0.25) is 0 Å². The number of nitro benzene ring substituents is 2. The highest BCUT2D eigenvalue weighted by Crippen LogP contribution is 2.28. The van der Waals surface area contributed by atoms with Gasteiger partial charge in [0, 0.05) is 43.5 Å². The van der Waals surface area contributed by atoms with Crippen molar-refractivity contribution in [1.29, 1.82) is 0 Å². The molecule has 17 nitrogen and oxygen atoms in total. The van der Waals surface area contributed by atoms with Crippen molar-refractivity contribution in [3.8, 4) is 39.9 Å². The van der Waals surface area contributed by atoms with E-state index in [0.29, 0.717) is 72.9 Å². The topological polar surface area (TPSA) is 198 Å². The summed E-state index contributed by atoms with van der Waals surface area (Å²) in [6.45, 7) is 2.39. The fourth-order valence-corrected chi connectivity index (χ4v) is 4.00. The number of ether oxygens (including phenoxy) is 4. The number of rotatable bonds is 16. The van der Waals surface area contributed by atoms with Crippen molar-refractivity contribution in [3.05, 3.63) is 93.3 Å². The first kappa shape index (κ1) is 30.8. The van der Waals surface area contributed by atoms with Crippen molar-refractivity contribution in [2.45, 2.75) is 0 Å². The smallest absolute Gasteiger partial charge is 0.269 e. The Labute approximate surface area is 255 Å². The number of hydrogen-bond acceptors (Lipinski definition) is 13. The molecule has 232 valence electrons. The van der Waals surface area contributed by atoms with E-state index in [2.05, 4.69) is 20.6 Å². The summed E-state index contributed by atoms with van der Waals surface area (Å²) in [7, 11) is 1.61. The van der Waals surface area contributed by atoms with Crippen LogP contribution in [0, 0.1) is 20.2 Å². The van der Waals surface area contributed by atoms with E-state index >= 15 is 0 Å². The minimum absolute atomic E-state index is 0.0420. The molecule has 5 aromatic rings. The number of pyridine rings is 1. The maximum Gasteiger partial charge on any atom is 0.269 e. The van der Waals surface area contributed by atoms with Gasteiger partial charge in [-0.3, -0.25) is 20.2 Å². The molecule has 5 rings (SSSR count). The third-order valence-electron chi connectivity index (χ3n) is 6.26. The molecule has 0 N–H and O–H groups in total. The fourth-order valence-electron chi connectivity index (χ4n) is 4.00. The van der Waals surface area contributed by atoms with Crippen LogP contribution in [0.15, 0.2) is 73.1 Å². The average Bonchev–Trinajstić information content (AvgIpc) is 3.75. The van der Waals surface area contributed by atoms with Gasteiger partial charge in [-0.2, -0.15) is 0 Å². The summed E-state index contributed by atoms with van der Waals surface area (Å²) in [5.74, 6) is 0.463. The molecule has 2 aromatic carbocycles. The van der Waals surface area contributed by atoms with Crippen LogP contribution in [0.1, 0.15) is 0 Å².